The number of hydrogen-bond acceptors (Lipinski definition) is 4. The van der Waals surface area contributed by atoms with Crippen LogP contribution in [0, 0.1) is 0 Å². The summed E-state index contributed by atoms with van der Waals surface area (Å²) < 4.78 is 5.06. The van der Waals surface area contributed by atoms with Crippen molar-refractivity contribution < 1.29 is 19.4 Å². The molecule has 7 heteroatoms. The lowest BCUT2D eigenvalue weighted by Crippen LogP contribution is -2.16. The van der Waals surface area contributed by atoms with Gasteiger partial charge in [-0.2, -0.15) is 0 Å². The molecular weight excluding hydrogens is 298 g/mol. The fourth-order valence-corrected chi connectivity index (χ4v) is 1.99. The molecule has 2 rings (SSSR count). The van der Waals surface area contributed by atoms with E-state index in [1.807, 2.05) is 37.3 Å². The predicted octanol–water partition coefficient (Wildman–Crippen LogP) is 3.20. The van der Waals surface area contributed by atoms with E-state index in [9.17, 15) is 9.59 Å². The van der Waals surface area contributed by atoms with Crippen LogP contribution in [-0.4, -0.2) is 27.1 Å². The standard InChI is InChI=1S/C16H19N3O4/c1-2-3-9-12-17-13(15(20)21)14(18-12)19-16(22)23-10-11-7-5-4-6-8-11/h4-8H,2-3,9-10H2,1H3,(H,17,18)(H,19,22)(H,20,21). The Bertz CT molecular complexity index is 667. The second-order valence-electron chi connectivity index (χ2n) is 5.00. The Kier molecular flexibility index (Phi) is 5.74. The predicted molar refractivity (Wildman–Crippen MR) is 84.4 cm³/mol. The third kappa shape index (κ3) is 4.84. The van der Waals surface area contributed by atoms with E-state index in [1.54, 1.807) is 0 Å². The fourth-order valence-electron chi connectivity index (χ4n) is 1.99. The van der Waals surface area contributed by atoms with Crippen LogP contribution >= 0.6 is 0 Å². The first-order valence-electron chi connectivity index (χ1n) is 7.40. The molecule has 0 aliphatic heterocycles. The molecule has 0 saturated heterocycles. The number of aromatic carboxylic acids is 1. The minimum Gasteiger partial charge on any atom is -0.476 e. The number of H-pyrrole nitrogens is 1. The molecule has 0 saturated carbocycles. The molecule has 23 heavy (non-hydrogen) atoms. The maximum atomic E-state index is 11.8. The van der Waals surface area contributed by atoms with E-state index >= 15 is 0 Å². The molecule has 0 spiro atoms. The van der Waals surface area contributed by atoms with Crippen LogP contribution < -0.4 is 5.32 Å². The van der Waals surface area contributed by atoms with E-state index < -0.39 is 12.1 Å². The van der Waals surface area contributed by atoms with Gasteiger partial charge in [-0.15, -0.1) is 0 Å². The molecule has 0 atom stereocenters. The van der Waals surface area contributed by atoms with E-state index in [-0.39, 0.29) is 18.1 Å². The second kappa shape index (κ2) is 7.98. The van der Waals surface area contributed by atoms with Crippen molar-refractivity contribution in [3.63, 3.8) is 0 Å². The maximum absolute atomic E-state index is 11.8. The Labute approximate surface area is 133 Å². The summed E-state index contributed by atoms with van der Waals surface area (Å²) in [6, 6.07) is 9.20. The molecular formula is C16H19N3O4. The number of carboxylic acids is 1. The molecule has 0 aliphatic rings. The highest BCUT2D eigenvalue weighted by atomic mass is 16.5. The van der Waals surface area contributed by atoms with E-state index in [0.717, 1.165) is 18.4 Å². The van der Waals surface area contributed by atoms with Gasteiger partial charge < -0.3 is 14.8 Å². The van der Waals surface area contributed by atoms with Gasteiger partial charge in [0.2, 0.25) is 0 Å². The van der Waals surface area contributed by atoms with Gasteiger partial charge in [0.05, 0.1) is 0 Å². The number of benzene rings is 1. The normalized spacial score (nSPS) is 10.3. The van der Waals surface area contributed by atoms with E-state index in [0.29, 0.717) is 12.2 Å². The summed E-state index contributed by atoms with van der Waals surface area (Å²) in [5.74, 6) is -0.678. The van der Waals surface area contributed by atoms with Crippen molar-refractivity contribution in [3.8, 4) is 0 Å². The first-order chi connectivity index (χ1) is 11.1. The smallest absolute Gasteiger partial charge is 0.413 e. The van der Waals surface area contributed by atoms with Gasteiger partial charge in [0, 0.05) is 6.42 Å². The number of aromatic amines is 1. The van der Waals surface area contributed by atoms with Crippen molar-refractivity contribution in [2.24, 2.45) is 0 Å². The summed E-state index contributed by atoms with van der Waals surface area (Å²) in [4.78, 5) is 29.8. The van der Waals surface area contributed by atoms with Crippen LogP contribution in [0.4, 0.5) is 10.6 Å². The zero-order valence-corrected chi connectivity index (χ0v) is 12.8. The molecule has 3 N–H and O–H groups in total. The lowest BCUT2D eigenvalue weighted by atomic mass is 10.2. The van der Waals surface area contributed by atoms with Crippen LogP contribution in [0.1, 0.15) is 41.6 Å². The summed E-state index contributed by atoms with van der Waals surface area (Å²) in [6.45, 7) is 2.13. The fraction of sp³-hybridized carbons (Fsp3) is 0.312. The van der Waals surface area contributed by atoms with Crippen molar-refractivity contribution in [1.82, 2.24) is 9.97 Å². The van der Waals surface area contributed by atoms with Crippen molar-refractivity contribution in [1.29, 1.82) is 0 Å². The molecule has 0 bridgehead atoms. The van der Waals surface area contributed by atoms with Crippen molar-refractivity contribution >= 4 is 17.9 Å². The molecule has 0 fully saturated rings. The molecule has 2 aromatic rings. The number of rotatable bonds is 7. The molecule has 1 aromatic heterocycles. The Morgan fingerprint density at radius 1 is 1.30 bits per heavy atom. The van der Waals surface area contributed by atoms with Gasteiger partial charge in [0.15, 0.2) is 11.5 Å². The van der Waals surface area contributed by atoms with Gasteiger partial charge in [-0.05, 0) is 12.0 Å². The minimum atomic E-state index is -1.18. The van der Waals surface area contributed by atoms with Crippen molar-refractivity contribution in [2.45, 2.75) is 32.8 Å². The van der Waals surface area contributed by atoms with Crippen LogP contribution in [0.2, 0.25) is 0 Å². The number of carboxylic acid groups (broad SMARTS) is 1. The number of unbranched alkanes of at least 4 members (excludes halogenated alkanes) is 1. The lowest BCUT2D eigenvalue weighted by molar-refractivity contribution is 0.0692. The third-order valence-corrected chi connectivity index (χ3v) is 3.17. The number of anilines is 1. The molecule has 1 amide bonds. The van der Waals surface area contributed by atoms with Gasteiger partial charge in [-0.1, -0.05) is 43.7 Å². The largest absolute Gasteiger partial charge is 0.476 e. The van der Waals surface area contributed by atoms with Gasteiger partial charge in [-0.3, -0.25) is 5.32 Å². The van der Waals surface area contributed by atoms with E-state index in [4.69, 9.17) is 9.84 Å². The summed E-state index contributed by atoms with van der Waals surface area (Å²) in [7, 11) is 0. The number of nitrogens with one attached hydrogen (secondary N) is 2. The van der Waals surface area contributed by atoms with E-state index in [2.05, 4.69) is 15.3 Å². The van der Waals surface area contributed by atoms with Crippen LogP contribution in [0.5, 0.6) is 0 Å². The molecule has 0 unspecified atom stereocenters. The van der Waals surface area contributed by atoms with Gasteiger partial charge >= 0.3 is 12.1 Å². The Hall–Kier alpha value is -2.83. The number of aryl methyl sites for hydroxylation is 1. The number of carbonyl (C=O) groups excluding carboxylic acids is 1. The number of nitrogens with zero attached hydrogens (tertiary/aromatic N) is 1. The van der Waals surface area contributed by atoms with Crippen LogP contribution in [0.15, 0.2) is 30.3 Å². The highest BCUT2D eigenvalue weighted by Crippen LogP contribution is 2.15. The number of amides is 1. The summed E-state index contributed by atoms with van der Waals surface area (Å²) >= 11 is 0. The summed E-state index contributed by atoms with van der Waals surface area (Å²) in [5, 5.41) is 11.5. The summed E-state index contributed by atoms with van der Waals surface area (Å²) in [6.07, 6.45) is 1.72. The summed E-state index contributed by atoms with van der Waals surface area (Å²) in [5.41, 5.74) is 0.694. The van der Waals surface area contributed by atoms with Crippen molar-refractivity contribution in [3.05, 3.63) is 47.4 Å². The molecule has 122 valence electrons. The van der Waals surface area contributed by atoms with Crippen LogP contribution in [-0.2, 0) is 17.8 Å². The average molecular weight is 317 g/mol. The Morgan fingerprint density at radius 2 is 2.04 bits per heavy atom. The number of carbonyl (C=O) groups is 2. The zero-order chi connectivity index (χ0) is 16.7. The molecule has 1 heterocycles. The molecule has 0 aliphatic carbocycles. The van der Waals surface area contributed by atoms with Gasteiger partial charge in [-0.25, -0.2) is 14.6 Å². The lowest BCUT2D eigenvalue weighted by Gasteiger charge is -2.05. The van der Waals surface area contributed by atoms with Crippen molar-refractivity contribution in [2.75, 3.05) is 5.32 Å². The highest BCUT2D eigenvalue weighted by Gasteiger charge is 2.18. The number of imidazole rings is 1. The zero-order valence-electron chi connectivity index (χ0n) is 12.8. The molecule has 1 aromatic carbocycles. The Balaban J connectivity index is 1.98. The number of ether oxygens (including phenoxy) is 1. The Morgan fingerprint density at radius 3 is 2.70 bits per heavy atom. The third-order valence-electron chi connectivity index (χ3n) is 3.17. The molecule has 0 radical (unpaired) electrons. The number of aromatic nitrogens is 2. The maximum Gasteiger partial charge on any atom is 0.413 e. The van der Waals surface area contributed by atoms with E-state index in [1.165, 1.54) is 0 Å². The van der Waals surface area contributed by atoms with Crippen LogP contribution in [0.25, 0.3) is 0 Å². The second-order valence-corrected chi connectivity index (χ2v) is 5.00. The van der Waals surface area contributed by atoms with Crippen LogP contribution in [0.3, 0.4) is 0 Å². The van der Waals surface area contributed by atoms with Gasteiger partial charge in [0.25, 0.3) is 0 Å². The topological polar surface area (TPSA) is 104 Å². The van der Waals surface area contributed by atoms with Gasteiger partial charge in [0.1, 0.15) is 12.4 Å². The molecule has 7 nitrogen and oxygen atoms in total. The highest BCUT2D eigenvalue weighted by molar-refractivity contribution is 5.95. The minimum absolute atomic E-state index is 0.0262. The average Bonchev–Trinajstić information content (AvgIpc) is 2.95. The monoisotopic (exact) mass is 317 g/mol. The quantitative estimate of drug-likeness (QED) is 0.727. The number of hydrogen-bond donors (Lipinski definition) is 3. The SMILES string of the molecule is CCCCc1nc(NC(=O)OCc2ccccc2)c(C(=O)O)[nH]1. The first kappa shape index (κ1) is 16.5. The first-order valence-corrected chi connectivity index (χ1v) is 7.40.